The molecule has 0 amide bonds. The summed E-state index contributed by atoms with van der Waals surface area (Å²) in [5.41, 5.74) is 3.89. The standard InChI is InChI=1S/C16H19ClN2S/c1-19(10-12-6-7-20-11-12)16-5-2-14(17)8-13(16)9-18-15-3-4-15/h2,5-8,11,15,18H,3-4,9-10H2,1H3. The summed E-state index contributed by atoms with van der Waals surface area (Å²) in [7, 11) is 2.14. The minimum atomic E-state index is 0.712. The number of thiophene rings is 1. The Morgan fingerprint density at radius 1 is 1.35 bits per heavy atom. The topological polar surface area (TPSA) is 15.3 Å². The first-order chi connectivity index (χ1) is 9.72. The predicted molar refractivity (Wildman–Crippen MR) is 87.7 cm³/mol. The summed E-state index contributed by atoms with van der Waals surface area (Å²) in [6, 6.07) is 9.07. The molecule has 3 rings (SSSR count). The maximum atomic E-state index is 6.15. The van der Waals surface area contributed by atoms with Crippen LogP contribution in [0, 0.1) is 0 Å². The largest absolute Gasteiger partial charge is 0.370 e. The van der Waals surface area contributed by atoms with Gasteiger partial charge in [0.05, 0.1) is 0 Å². The van der Waals surface area contributed by atoms with Crippen LogP contribution in [0.2, 0.25) is 5.02 Å². The van der Waals surface area contributed by atoms with Crippen molar-refractivity contribution in [1.29, 1.82) is 0 Å². The molecule has 1 aliphatic rings. The smallest absolute Gasteiger partial charge is 0.0434 e. The molecule has 0 atom stereocenters. The summed E-state index contributed by atoms with van der Waals surface area (Å²) >= 11 is 7.90. The summed E-state index contributed by atoms with van der Waals surface area (Å²) in [6.45, 7) is 1.83. The van der Waals surface area contributed by atoms with Crippen molar-refractivity contribution in [3.63, 3.8) is 0 Å². The predicted octanol–water partition coefficient (Wildman–Crippen LogP) is 4.29. The van der Waals surface area contributed by atoms with Gasteiger partial charge in [0.2, 0.25) is 0 Å². The lowest BCUT2D eigenvalue weighted by atomic mass is 10.1. The van der Waals surface area contributed by atoms with Gasteiger partial charge in [-0.3, -0.25) is 0 Å². The second-order valence-corrected chi connectivity index (χ2v) is 6.63. The molecule has 0 radical (unpaired) electrons. The van der Waals surface area contributed by atoms with Crippen molar-refractivity contribution in [1.82, 2.24) is 5.32 Å². The van der Waals surface area contributed by atoms with Crippen molar-refractivity contribution in [3.05, 3.63) is 51.2 Å². The Morgan fingerprint density at radius 3 is 2.90 bits per heavy atom. The number of anilines is 1. The van der Waals surface area contributed by atoms with Crippen molar-refractivity contribution in [2.75, 3.05) is 11.9 Å². The summed E-state index contributed by atoms with van der Waals surface area (Å²) in [5, 5.41) is 8.71. The first kappa shape index (κ1) is 13.9. The van der Waals surface area contributed by atoms with Crippen molar-refractivity contribution in [2.45, 2.75) is 32.0 Å². The third-order valence-corrected chi connectivity index (χ3v) is 4.58. The van der Waals surface area contributed by atoms with Crippen LogP contribution in [0.15, 0.2) is 35.0 Å². The summed E-state index contributed by atoms with van der Waals surface area (Å²) in [6.07, 6.45) is 2.61. The normalized spacial score (nSPS) is 14.5. The number of nitrogens with zero attached hydrogens (tertiary/aromatic N) is 1. The van der Waals surface area contributed by atoms with Gasteiger partial charge < -0.3 is 10.2 Å². The van der Waals surface area contributed by atoms with Gasteiger partial charge in [-0.25, -0.2) is 0 Å². The molecule has 1 N–H and O–H groups in total. The Kier molecular flexibility index (Phi) is 4.29. The van der Waals surface area contributed by atoms with Crippen molar-refractivity contribution < 1.29 is 0 Å². The molecule has 0 saturated heterocycles. The van der Waals surface area contributed by atoms with Crippen LogP contribution >= 0.6 is 22.9 Å². The highest BCUT2D eigenvalue weighted by atomic mass is 35.5. The van der Waals surface area contributed by atoms with Gasteiger partial charge in [-0.15, -0.1) is 0 Å². The molecule has 0 unspecified atom stereocenters. The maximum absolute atomic E-state index is 6.15. The molecular formula is C16H19ClN2S. The molecule has 0 bridgehead atoms. The van der Waals surface area contributed by atoms with E-state index in [1.54, 1.807) is 11.3 Å². The zero-order valence-corrected chi connectivity index (χ0v) is 13.2. The number of benzene rings is 1. The Labute approximate surface area is 129 Å². The Balaban J connectivity index is 1.75. The lowest BCUT2D eigenvalue weighted by molar-refractivity contribution is 0.685. The van der Waals surface area contributed by atoms with Gasteiger partial charge in [0.1, 0.15) is 0 Å². The summed E-state index contributed by atoms with van der Waals surface area (Å²) in [4.78, 5) is 2.29. The minimum Gasteiger partial charge on any atom is -0.370 e. The molecule has 2 aromatic rings. The first-order valence-electron chi connectivity index (χ1n) is 6.96. The molecule has 0 spiro atoms. The molecule has 1 heterocycles. The number of nitrogens with one attached hydrogen (secondary N) is 1. The van der Waals surface area contributed by atoms with Crippen LogP contribution < -0.4 is 10.2 Å². The van der Waals surface area contributed by atoms with Crippen molar-refractivity contribution in [2.24, 2.45) is 0 Å². The van der Waals surface area contributed by atoms with Crippen LogP contribution in [0.1, 0.15) is 24.0 Å². The van der Waals surface area contributed by atoms with E-state index in [2.05, 4.69) is 46.2 Å². The Morgan fingerprint density at radius 2 is 2.20 bits per heavy atom. The number of halogens is 1. The van der Waals surface area contributed by atoms with Crippen LogP contribution in [0.5, 0.6) is 0 Å². The third-order valence-electron chi connectivity index (χ3n) is 3.61. The van der Waals surface area contributed by atoms with E-state index in [1.807, 2.05) is 6.07 Å². The van der Waals surface area contributed by atoms with Crippen molar-refractivity contribution in [3.8, 4) is 0 Å². The number of hydrogen-bond acceptors (Lipinski definition) is 3. The molecule has 2 nitrogen and oxygen atoms in total. The Bertz CT molecular complexity index is 564. The minimum absolute atomic E-state index is 0.712. The molecule has 20 heavy (non-hydrogen) atoms. The fraction of sp³-hybridized carbons (Fsp3) is 0.375. The molecular weight excluding hydrogens is 288 g/mol. The van der Waals surface area contributed by atoms with E-state index < -0.39 is 0 Å². The second kappa shape index (κ2) is 6.17. The molecule has 1 aliphatic carbocycles. The van der Waals surface area contributed by atoms with Crippen LogP contribution in [0.25, 0.3) is 0 Å². The highest BCUT2D eigenvalue weighted by molar-refractivity contribution is 7.07. The zero-order valence-electron chi connectivity index (χ0n) is 11.6. The monoisotopic (exact) mass is 306 g/mol. The molecule has 106 valence electrons. The van der Waals surface area contributed by atoms with Gasteiger partial charge in [0, 0.05) is 36.9 Å². The molecule has 1 saturated carbocycles. The van der Waals surface area contributed by atoms with Crippen molar-refractivity contribution >= 4 is 28.6 Å². The van der Waals surface area contributed by atoms with Crippen LogP contribution in [-0.2, 0) is 13.1 Å². The number of rotatable bonds is 6. The second-order valence-electron chi connectivity index (χ2n) is 5.42. The fourth-order valence-electron chi connectivity index (χ4n) is 2.35. The van der Waals surface area contributed by atoms with Crippen LogP contribution in [-0.4, -0.2) is 13.1 Å². The SMILES string of the molecule is CN(Cc1ccsc1)c1ccc(Cl)cc1CNC1CC1. The van der Waals surface area contributed by atoms with Gasteiger partial charge in [-0.2, -0.15) is 11.3 Å². The van der Waals surface area contributed by atoms with E-state index in [1.165, 1.54) is 29.7 Å². The van der Waals surface area contributed by atoms with E-state index in [-0.39, 0.29) is 0 Å². The van der Waals surface area contributed by atoms with E-state index in [0.29, 0.717) is 6.04 Å². The van der Waals surface area contributed by atoms with E-state index in [4.69, 9.17) is 11.6 Å². The summed E-state index contributed by atoms with van der Waals surface area (Å²) < 4.78 is 0. The Hall–Kier alpha value is -1.03. The average Bonchev–Trinajstić information content (AvgIpc) is 3.13. The fourth-order valence-corrected chi connectivity index (χ4v) is 3.21. The maximum Gasteiger partial charge on any atom is 0.0434 e. The van der Waals surface area contributed by atoms with Gasteiger partial charge in [-0.05, 0) is 59.0 Å². The molecule has 4 heteroatoms. The van der Waals surface area contributed by atoms with Crippen LogP contribution in [0.3, 0.4) is 0 Å². The third kappa shape index (κ3) is 3.54. The lowest BCUT2D eigenvalue weighted by Crippen LogP contribution is -2.21. The molecule has 1 fully saturated rings. The van der Waals surface area contributed by atoms with Gasteiger partial charge in [0.25, 0.3) is 0 Å². The highest BCUT2D eigenvalue weighted by Crippen LogP contribution is 2.27. The average molecular weight is 307 g/mol. The van der Waals surface area contributed by atoms with Gasteiger partial charge >= 0.3 is 0 Å². The van der Waals surface area contributed by atoms with E-state index >= 15 is 0 Å². The zero-order chi connectivity index (χ0) is 13.9. The van der Waals surface area contributed by atoms with Gasteiger partial charge in [0.15, 0.2) is 0 Å². The van der Waals surface area contributed by atoms with E-state index in [0.717, 1.165) is 18.1 Å². The molecule has 1 aromatic carbocycles. The molecule has 1 aromatic heterocycles. The van der Waals surface area contributed by atoms with Gasteiger partial charge in [-0.1, -0.05) is 11.6 Å². The van der Waals surface area contributed by atoms with Crippen LogP contribution in [0.4, 0.5) is 5.69 Å². The lowest BCUT2D eigenvalue weighted by Gasteiger charge is -2.22. The first-order valence-corrected chi connectivity index (χ1v) is 8.28. The quantitative estimate of drug-likeness (QED) is 0.856. The van der Waals surface area contributed by atoms with E-state index in [9.17, 15) is 0 Å². The molecule has 0 aliphatic heterocycles. The number of hydrogen-bond donors (Lipinski definition) is 1. The highest BCUT2D eigenvalue weighted by Gasteiger charge is 2.21. The summed E-state index contributed by atoms with van der Waals surface area (Å²) in [5.74, 6) is 0.